The first-order valence-electron chi connectivity index (χ1n) is 5.27. The van der Waals surface area contributed by atoms with Crippen LogP contribution in [0.4, 0.5) is 0 Å². The molecule has 0 aliphatic carbocycles. The maximum Gasteiger partial charge on any atom is 0.321 e. The van der Waals surface area contributed by atoms with Crippen molar-refractivity contribution in [1.29, 1.82) is 0 Å². The van der Waals surface area contributed by atoms with Crippen LogP contribution in [0.25, 0.3) is 0 Å². The highest BCUT2D eigenvalue weighted by atomic mass is 32.2. The molecule has 0 saturated carbocycles. The Morgan fingerprint density at radius 3 is 3.06 bits per heavy atom. The second-order valence-electron chi connectivity index (χ2n) is 3.40. The summed E-state index contributed by atoms with van der Waals surface area (Å²) < 4.78 is 0. The molecule has 1 rings (SSSR count). The SMILES string of the molecule is CCCNC(CSc1nccc(=O)[nH]1)C(=O)O. The molecule has 94 valence electrons. The first kappa shape index (κ1) is 13.7. The lowest BCUT2D eigenvalue weighted by Gasteiger charge is -2.12. The van der Waals surface area contributed by atoms with Crippen molar-refractivity contribution < 1.29 is 9.90 Å². The van der Waals surface area contributed by atoms with Crippen LogP contribution < -0.4 is 10.9 Å². The molecule has 0 spiro atoms. The van der Waals surface area contributed by atoms with Gasteiger partial charge in [-0.1, -0.05) is 18.7 Å². The summed E-state index contributed by atoms with van der Waals surface area (Å²) in [5.74, 6) is -0.577. The van der Waals surface area contributed by atoms with Gasteiger partial charge in [-0.15, -0.1) is 0 Å². The highest BCUT2D eigenvalue weighted by molar-refractivity contribution is 7.99. The highest BCUT2D eigenvalue weighted by Gasteiger charge is 2.16. The van der Waals surface area contributed by atoms with E-state index in [4.69, 9.17) is 5.11 Å². The first-order chi connectivity index (χ1) is 8.13. The van der Waals surface area contributed by atoms with Gasteiger partial charge in [-0.3, -0.25) is 9.59 Å². The molecule has 7 heteroatoms. The zero-order chi connectivity index (χ0) is 12.7. The minimum Gasteiger partial charge on any atom is -0.480 e. The van der Waals surface area contributed by atoms with Crippen LogP contribution in [0.15, 0.2) is 22.2 Å². The van der Waals surface area contributed by atoms with Gasteiger partial charge < -0.3 is 15.4 Å². The van der Waals surface area contributed by atoms with E-state index in [9.17, 15) is 9.59 Å². The summed E-state index contributed by atoms with van der Waals surface area (Å²) in [6.45, 7) is 2.62. The van der Waals surface area contributed by atoms with E-state index in [1.807, 2.05) is 6.92 Å². The molecule has 1 aromatic heterocycles. The maximum absolute atomic E-state index is 11.0. The fourth-order valence-electron chi connectivity index (χ4n) is 1.12. The van der Waals surface area contributed by atoms with E-state index in [-0.39, 0.29) is 5.56 Å². The van der Waals surface area contributed by atoms with Gasteiger partial charge in [0.2, 0.25) is 0 Å². The second kappa shape index (κ2) is 7.08. The Labute approximate surface area is 103 Å². The first-order valence-corrected chi connectivity index (χ1v) is 6.26. The van der Waals surface area contributed by atoms with Gasteiger partial charge in [0.25, 0.3) is 5.56 Å². The smallest absolute Gasteiger partial charge is 0.321 e. The van der Waals surface area contributed by atoms with E-state index >= 15 is 0 Å². The molecule has 3 N–H and O–H groups in total. The molecule has 6 nitrogen and oxygen atoms in total. The number of hydrogen-bond donors (Lipinski definition) is 3. The Bertz CT molecular complexity index is 421. The van der Waals surface area contributed by atoms with Crippen molar-refractivity contribution in [1.82, 2.24) is 15.3 Å². The average molecular weight is 257 g/mol. The molecule has 0 amide bonds. The molecule has 0 radical (unpaired) electrons. The molecule has 1 heterocycles. The van der Waals surface area contributed by atoms with Gasteiger partial charge in [0, 0.05) is 18.0 Å². The summed E-state index contributed by atoms with van der Waals surface area (Å²) in [7, 11) is 0. The summed E-state index contributed by atoms with van der Waals surface area (Å²) in [5.41, 5.74) is -0.240. The van der Waals surface area contributed by atoms with Crippen molar-refractivity contribution in [2.45, 2.75) is 24.5 Å². The third-order valence-electron chi connectivity index (χ3n) is 1.97. The molecule has 0 aromatic carbocycles. The number of aromatic amines is 1. The number of nitrogens with one attached hydrogen (secondary N) is 2. The highest BCUT2D eigenvalue weighted by Crippen LogP contribution is 2.11. The van der Waals surface area contributed by atoms with E-state index in [2.05, 4.69) is 15.3 Å². The number of aliphatic carboxylic acids is 1. The fraction of sp³-hybridized carbons (Fsp3) is 0.500. The van der Waals surface area contributed by atoms with Gasteiger partial charge in [-0.25, -0.2) is 4.98 Å². The molecule has 1 atom stereocenters. The largest absolute Gasteiger partial charge is 0.480 e. The second-order valence-corrected chi connectivity index (χ2v) is 4.40. The number of carboxylic acids is 1. The molecule has 0 aliphatic heterocycles. The third-order valence-corrected chi connectivity index (χ3v) is 2.95. The number of thioether (sulfide) groups is 1. The number of carboxylic acid groups (broad SMARTS) is 1. The van der Waals surface area contributed by atoms with Gasteiger partial charge in [0.05, 0.1) is 0 Å². The number of H-pyrrole nitrogens is 1. The zero-order valence-corrected chi connectivity index (χ0v) is 10.3. The van der Waals surface area contributed by atoms with Gasteiger partial charge >= 0.3 is 5.97 Å². The van der Waals surface area contributed by atoms with E-state index in [1.165, 1.54) is 24.0 Å². The number of carbonyl (C=O) groups is 1. The molecule has 0 saturated heterocycles. The quantitative estimate of drug-likeness (QED) is 0.481. The number of hydrogen-bond acceptors (Lipinski definition) is 5. The van der Waals surface area contributed by atoms with Crippen LogP contribution in [0.5, 0.6) is 0 Å². The Hall–Kier alpha value is -1.34. The number of aromatic nitrogens is 2. The lowest BCUT2D eigenvalue weighted by molar-refractivity contribution is -0.138. The molecule has 17 heavy (non-hydrogen) atoms. The van der Waals surface area contributed by atoms with Crippen molar-refractivity contribution in [2.24, 2.45) is 0 Å². The van der Waals surface area contributed by atoms with E-state index in [1.54, 1.807) is 0 Å². The van der Waals surface area contributed by atoms with Gasteiger partial charge in [0.1, 0.15) is 6.04 Å². The van der Waals surface area contributed by atoms with E-state index in [0.29, 0.717) is 17.5 Å². The van der Waals surface area contributed by atoms with E-state index < -0.39 is 12.0 Å². The predicted octanol–water partition coefficient (Wildman–Crippen LogP) is 0.315. The van der Waals surface area contributed by atoms with Crippen molar-refractivity contribution in [2.75, 3.05) is 12.3 Å². The maximum atomic E-state index is 11.0. The monoisotopic (exact) mass is 257 g/mol. The van der Waals surface area contributed by atoms with Crippen LogP contribution in [0.1, 0.15) is 13.3 Å². The third kappa shape index (κ3) is 5.01. The lowest BCUT2D eigenvalue weighted by Crippen LogP contribution is -2.39. The molecule has 1 unspecified atom stereocenters. The molecular weight excluding hydrogens is 242 g/mol. The average Bonchev–Trinajstić information content (AvgIpc) is 2.28. The number of rotatable bonds is 7. The minimum atomic E-state index is -0.899. The van der Waals surface area contributed by atoms with Crippen LogP contribution in [0.2, 0.25) is 0 Å². The number of nitrogens with zero attached hydrogens (tertiary/aromatic N) is 1. The van der Waals surface area contributed by atoms with Crippen LogP contribution >= 0.6 is 11.8 Å². The Morgan fingerprint density at radius 2 is 2.47 bits per heavy atom. The van der Waals surface area contributed by atoms with Crippen LogP contribution in [-0.2, 0) is 4.79 Å². The topological polar surface area (TPSA) is 95.1 Å². The Balaban J connectivity index is 2.51. The normalized spacial score (nSPS) is 12.3. The molecule has 1 aromatic rings. The summed E-state index contributed by atoms with van der Waals surface area (Å²) >= 11 is 1.21. The lowest BCUT2D eigenvalue weighted by atomic mass is 10.3. The Morgan fingerprint density at radius 1 is 1.71 bits per heavy atom. The van der Waals surface area contributed by atoms with Gasteiger partial charge in [0.15, 0.2) is 5.16 Å². The van der Waals surface area contributed by atoms with Crippen molar-refractivity contribution in [3.05, 3.63) is 22.6 Å². The van der Waals surface area contributed by atoms with Crippen LogP contribution in [-0.4, -0.2) is 39.4 Å². The predicted molar refractivity (Wildman–Crippen MR) is 65.3 cm³/mol. The summed E-state index contributed by atoms with van der Waals surface area (Å²) in [5, 5.41) is 12.3. The summed E-state index contributed by atoms with van der Waals surface area (Å²) in [6, 6.07) is 0.680. The van der Waals surface area contributed by atoms with Gasteiger partial charge in [-0.2, -0.15) is 0 Å². The standard InChI is InChI=1S/C10H15N3O3S/c1-2-4-11-7(9(15)16)6-17-10-12-5-3-8(14)13-10/h3,5,7,11H,2,4,6H2,1H3,(H,15,16)(H,12,13,14). The van der Waals surface area contributed by atoms with Crippen LogP contribution in [0.3, 0.4) is 0 Å². The Kier molecular flexibility index (Phi) is 5.71. The molecular formula is C10H15N3O3S. The fourth-order valence-corrected chi connectivity index (χ4v) is 2.02. The van der Waals surface area contributed by atoms with Crippen molar-refractivity contribution in [3.63, 3.8) is 0 Å². The van der Waals surface area contributed by atoms with E-state index in [0.717, 1.165) is 6.42 Å². The summed E-state index contributed by atoms with van der Waals surface area (Å²) in [4.78, 5) is 28.4. The molecule has 0 fully saturated rings. The van der Waals surface area contributed by atoms with Crippen molar-refractivity contribution >= 4 is 17.7 Å². The van der Waals surface area contributed by atoms with Gasteiger partial charge in [-0.05, 0) is 13.0 Å². The zero-order valence-electron chi connectivity index (χ0n) is 9.47. The molecule has 0 aliphatic rings. The summed E-state index contributed by atoms with van der Waals surface area (Å²) in [6.07, 6.45) is 2.27. The molecule has 0 bridgehead atoms. The van der Waals surface area contributed by atoms with Crippen molar-refractivity contribution in [3.8, 4) is 0 Å². The minimum absolute atomic E-state index is 0.240. The van der Waals surface area contributed by atoms with Crippen LogP contribution in [0, 0.1) is 0 Å².